The van der Waals surface area contributed by atoms with Gasteiger partial charge < -0.3 is 20.7 Å². The lowest BCUT2D eigenvalue weighted by Crippen LogP contribution is -2.39. The quantitative estimate of drug-likeness (QED) is 0.225. The van der Waals surface area contributed by atoms with Crippen LogP contribution >= 0.6 is 0 Å². The summed E-state index contributed by atoms with van der Waals surface area (Å²) in [6.45, 7) is -0.00324. The number of hydrogen-bond acceptors (Lipinski definition) is 4. The lowest BCUT2D eigenvalue weighted by molar-refractivity contribution is -0.173. The van der Waals surface area contributed by atoms with Gasteiger partial charge >= 0.3 is 23.8 Å². The van der Waals surface area contributed by atoms with Crippen LogP contribution in [0.5, 0.6) is 0 Å². The summed E-state index contributed by atoms with van der Waals surface area (Å²) in [4.78, 5) is 23.8. The molecule has 0 saturated heterocycles. The van der Waals surface area contributed by atoms with Crippen molar-refractivity contribution >= 4 is 17.6 Å². The van der Waals surface area contributed by atoms with Gasteiger partial charge in [0.25, 0.3) is 0 Å². The summed E-state index contributed by atoms with van der Waals surface area (Å²) in [5.41, 5.74) is 7.63. The van der Waals surface area contributed by atoms with E-state index in [1.165, 1.54) is 5.32 Å². The maximum Gasteiger partial charge on any atom is 0.471 e. The van der Waals surface area contributed by atoms with E-state index in [1.807, 2.05) is 0 Å². The van der Waals surface area contributed by atoms with Crippen molar-refractivity contribution in [1.29, 1.82) is 0 Å². The Kier molecular flexibility index (Phi) is 6.00. The van der Waals surface area contributed by atoms with Gasteiger partial charge in [0.05, 0.1) is 6.54 Å². The fourth-order valence-corrected chi connectivity index (χ4v) is 0.777. The maximum atomic E-state index is 11.7. The van der Waals surface area contributed by atoms with Crippen LogP contribution in [0, 0.1) is 0 Å². The summed E-state index contributed by atoms with van der Waals surface area (Å²) >= 11 is 0. The number of nitrogens with one attached hydrogen (secondary N) is 1. The number of aliphatic hydroxyl groups excluding tert-OH is 1. The van der Waals surface area contributed by atoms with Gasteiger partial charge in [-0.3, -0.25) is 4.79 Å². The smallest absolute Gasteiger partial charge is 0.455 e. The molecule has 0 aliphatic heterocycles. The number of carbonyl (C=O) groups excluding carboxylic acids is 2. The number of rotatable bonds is 5. The van der Waals surface area contributed by atoms with Crippen LogP contribution in [-0.2, 0) is 14.3 Å². The molecule has 0 spiro atoms. The Labute approximate surface area is 99.2 Å². The number of aliphatic hydroxyl groups is 1. The Balaban J connectivity index is 4.04. The average molecular weight is 269 g/mol. The van der Waals surface area contributed by atoms with E-state index in [-0.39, 0.29) is 0 Å². The van der Waals surface area contributed by atoms with Crippen LogP contribution in [0.15, 0.2) is 0 Å². The largest absolute Gasteiger partial charge is 0.471 e. The fraction of sp³-hybridized carbons (Fsp3) is 0.625. The zero-order valence-electron chi connectivity index (χ0n) is 9.19. The maximum absolute atomic E-state index is 11.7. The zero-order chi connectivity index (χ0) is 14.3. The van der Waals surface area contributed by atoms with Crippen molar-refractivity contribution in [2.75, 3.05) is 13.2 Å². The second-order valence-electron chi connectivity index (χ2n) is 3.05. The van der Waals surface area contributed by atoms with Crippen LogP contribution in [-0.4, -0.2) is 52.9 Å². The van der Waals surface area contributed by atoms with Crippen molar-refractivity contribution in [2.45, 2.75) is 19.2 Å². The molecule has 0 fully saturated rings. The second-order valence-corrected chi connectivity index (χ2v) is 3.05. The number of halogens is 3. The Morgan fingerprint density at radius 2 is 2.06 bits per heavy atom. The van der Waals surface area contributed by atoms with Gasteiger partial charge in [-0.1, -0.05) is 0 Å². The molecule has 18 heavy (non-hydrogen) atoms. The third-order valence-electron chi connectivity index (χ3n) is 1.59. The Morgan fingerprint density at radius 1 is 1.50 bits per heavy atom. The van der Waals surface area contributed by atoms with E-state index >= 15 is 0 Å². The van der Waals surface area contributed by atoms with Gasteiger partial charge in [-0.15, -0.1) is 0 Å². The molecule has 2 N–H and O–H groups in total. The summed E-state index contributed by atoms with van der Waals surface area (Å²) < 4.78 is 39.5. The molecule has 0 aromatic carbocycles. The predicted octanol–water partition coefficient (Wildman–Crippen LogP) is -0.740. The fourth-order valence-electron chi connectivity index (χ4n) is 0.777. The van der Waals surface area contributed by atoms with Crippen LogP contribution in [0.2, 0.25) is 0 Å². The minimum Gasteiger partial charge on any atom is -0.455 e. The van der Waals surface area contributed by atoms with Crippen molar-refractivity contribution in [3.8, 4) is 0 Å². The monoisotopic (exact) mass is 269 g/mol. The van der Waals surface area contributed by atoms with Crippen LogP contribution < -0.4 is 5.32 Å². The molecule has 1 unspecified atom stereocenters. The minimum absolute atomic E-state index is 0.563. The second kappa shape index (κ2) is 6.72. The standard InChI is InChI=1S/C8H10F3N3O4/c1-4(15)5(14-12)6(16)18-3-2-13-7(17)8(9,10)11/h4,15H,2-3H2,1H3,(H,13,17). The topological polar surface area (TPSA) is 112 Å². The summed E-state index contributed by atoms with van der Waals surface area (Å²) in [6.07, 6.45) is -6.41. The van der Waals surface area contributed by atoms with Crippen molar-refractivity contribution in [3.63, 3.8) is 0 Å². The van der Waals surface area contributed by atoms with E-state index in [2.05, 4.69) is 9.53 Å². The Morgan fingerprint density at radius 3 is 2.44 bits per heavy atom. The van der Waals surface area contributed by atoms with Crippen molar-refractivity contribution < 1.29 is 37.4 Å². The van der Waals surface area contributed by atoms with Gasteiger partial charge in [0, 0.05) is 0 Å². The molecule has 7 nitrogen and oxygen atoms in total. The molecule has 0 aromatic heterocycles. The van der Waals surface area contributed by atoms with Gasteiger partial charge in [0.15, 0.2) is 6.10 Å². The number of ether oxygens (including phenoxy) is 1. The Bertz CT molecular complexity index is 374. The normalized spacial score (nSPS) is 12.3. The summed E-state index contributed by atoms with van der Waals surface area (Å²) in [5, 5.41) is 10.4. The van der Waals surface area contributed by atoms with E-state index in [9.17, 15) is 22.8 Å². The molecule has 102 valence electrons. The van der Waals surface area contributed by atoms with Crippen LogP contribution in [0.1, 0.15) is 6.92 Å². The first kappa shape index (κ1) is 16.1. The van der Waals surface area contributed by atoms with Crippen LogP contribution in [0.3, 0.4) is 0 Å². The molecule has 1 amide bonds. The van der Waals surface area contributed by atoms with Gasteiger partial charge in [-0.05, 0) is 6.92 Å². The van der Waals surface area contributed by atoms with Gasteiger partial charge in [-0.2, -0.15) is 18.0 Å². The van der Waals surface area contributed by atoms with Crippen molar-refractivity contribution in [3.05, 3.63) is 5.53 Å². The molecular formula is C8H10F3N3O4. The van der Waals surface area contributed by atoms with Gasteiger partial charge in [-0.25, -0.2) is 4.79 Å². The highest BCUT2D eigenvalue weighted by molar-refractivity contribution is 6.35. The number of alkyl halides is 3. The molecule has 1 atom stereocenters. The third kappa shape index (κ3) is 5.41. The molecule has 10 heteroatoms. The van der Waals surface area contributed by atoms with E-state index in [4.69, 9.17) is 10.6 Å². The zero-order valence-corrected chi connectivity index (χ0v) is 9.19. The number of amides is 1. The SMILES string of the molecule is CC(O)C(=[N+]=[N-])C(=O)OCCNC(=O)C(F)(F)F. The minimum atomic E-state index is -5.01. The van der Waals surface area contributed by atoms with Gasteiger partial charge in [0.1, 0.15) is 6.61 Å². The van der Waals surface area contributed by atoms with Crippen LogP contribution in [0.25, 0.3) is 5.53 Å². The highest BCUT2D eigenvalue weighted by Gasteiger charge is 2.38. The first-order valence-corrected chi connectivity index (χ1v) is 4.62. The predicted molar refractivity (Wildman–Crippen MR) is 50.3 cm³/mol. The molecule has 0 heterocycles. The molecule has 0 aliphatic rings. The van der Waals surface area contributed by atoms with E-state index in [0.717, 1.165) is 6.92 Å². The van der Waals surface area contributed by atoms with Crippen molar-refractivity contribution in [2.24, 2.45) is 0 Å². The number of hydrogen-bond donors (Lipinski definition) is 2. The summed E-state index contributed by atoms with van der Waals surface area (Å²) in [5.74, 6) is -3.36. The summed E-state index contributed by atoms with van der Waals surface area (Å²) in [7, 11) is 0. The highest BCUT2D eigenvalue weighted by atomic mass is 19.4. The average Bonchev–Trinajstić information content (AvgIpc) is 2.23. The lowest BCUT2D eigenvalue weighted by atomic mass is 10.2. The molecule has 0 radical (unpaired) electrons. The molecule has 0 saturated carbocycles. The van der Waals surface area contributed by atoms with E-state index in [0.29, 0.717) is 0 Å². The third-order valence-corrected chi connectivity index (χ3v) is 1.59. The highest BCUT2D eigenvalue weighted by Crippen LogP contribution is 2.13. The van der Waals surface area contributed by atoms with Crippen LogP contribution in [0.4, 0.5) is 13.2 Å². The molecule has 0 bridgehead atoms. The molecule has 0 aliphatic carbocycles. The first-order valence-electron chi connectivity index (χ1n) is 4.62. The summed E-state index contributed by atoms with van der Waals surface area (Å²) in [6, 6.07) is 0. The molecule has 0 aromatic rings. The Hall–Kier alpha value is -1.93. The van der Waals surface area contributed by atoms with E-state index < -0.39 is 43.0 Å². The molecular weight excluding hydrogens is 259 g/mol. The van der Waals surface area contributed by atoms with E-state index in [1.54, 1.807) is 0 Å². The molecule has 0 rings (SSSR count). The lowest BCUT2D eigenvalue weighted by Gasteiger charge is -2.07. The first-order chi connectivity index (χ1) is 8.20. The van der Waals surface area contributed by atoms with Gasteiger partial charge in [0.2, 0.25) is 0 Å². The van der Waals surface area contributed by atoms with Crippen molar-refractivity contribution in [1.82, 2.24) is 5.32 Å². The number of carbonyl (C=O) groups is 2. The number of esters is 1. The number of nitrogens with zero attached hydrogens (tertiary/aromatic N) is 2.